The summed E-state index contributed by atoms with van der Waals surface area (Å²) in [7, 11) is 1.67. The number of hydrogen-bond acceptors (Lipinski definition) is 5. The molecule has 0 saturated carbocycles. The zero-order valence-corrected chi connectivity index (χ0v) is 15.4. The van der Waals surface area contributed by atoms with E-state index in [2.05, 4.69) is 23.4 Å². The molecule has 0 atom stereocenters. The third-order valence-electron chi connectivity index (χ3n) is 3.78. The zero-order valence-electron chi connectivity index (χ0n) is 14.6. The van der Waals surface area contributed by atoms with Crippen molar-refractivity contribution >= 4 is 11.3 Å². The van der Waals surface area contributed by atoms with Crippen LogP contribution >= 0.6 is 11.3 Å². The molecule has 0 spiro atoms. The van der Waals surface area contributed by atoms with E-state index in [9.17, 15) is 0 Å². The van der Waals surface area contributed by atoms with Gasteiger partial charge in [-0.3, -0.25) is 4.98 Å². The fraction of sp³-hybridized carbons (Fsp3) is 0.300. The second-order valence-corrected chi connectivity index (χ2v) is 6.55. The lowest BCUT2D eigenvalue weighted by molar-refractivity contribution is 0.146. The molecule has 4 nitrogen and oxygen atoms in total. The first-order valence-corrected chi connectivity index (χ1v) is 9.31. The highest BCUT2D eigenvalue weighted by Crippen LogP contribution is 2.30. The number of benzene rings is 1. The third-order valence-corrected chi connectivity index (χ3v) is 4.67. The van der Waals surface area contributed by atoms with Crippen LogP contribution in [-0.2, 0) is 11.2 Å². The summed E-state index contributed by atoms with van der Waals surface area (Å²) in [4.78, 5) is 9.20. The van der Waals surface area contributed by atoms with E-state index in [-0.39, 0.29) is 0 Å². The summed E-state index contributed by atoms with van der Waals surface area (Å²) in [6.07, 6.45) is 3.96. The van der Waals surface area contributed by atoms with Crippen LogP contribution in [0.2, 0.25) is 0 Å². The summed E-state index contributed by atoms with van der Waals surface area (Å²) in [5, 5.41) is 3.12. The van der Waals surface area contributed by atoms with Gasteiger partial charge in [0, 0.05) is 35.5 Å². The van der Waals surface area contributed by atoms with E-state index in [1.807, 2.05) is 36.5 Å². The highest BCUT2D eigenvalue weighted by molar-refractivity contribution is 7.13. The highest BCUT2D eigenvalue weighted by Gasteiger charge is 2.08. The molecule has 0 aliphatic heterocycles. The van der Waals surface area contributed by atoms with Crippen molar-refractivity contribution in [3.8, 4) is 27.6 Å². The predicted octanol–water partition coefficient (Wildman–Crippen LogP) is 4.85. The summed E-state index contributed by atoms with van der Waals surface area (Å²) < 4.78 is 10.6. The Morgan fingerprint density at radius 1 is 1.04 bits per heavy atom. The minimum absolute atomic E-state index is 0.554. The van der Waals surface area contributed by atoms with Gasteiger partial charge in [0.2, 0.25) is 0 Å². The highest BCUT2D eigenvalue weighted by atomic mass is 32.1. The third kappa shape index (κ3) is 4.65. The van der Waals surface area contributed by atoms with Gasteiger partial charge < -0.3 is 9.47 Å². The summed E-state index contributed by atoms with van der Waals surface area (Å²) in [5.41, 5.74) is 4.32. The fourth-order valence-corrected chi connectivity index (χ4v) is 3.33. The molecule has 130 valence electrons. The van der Waals surface area contributed by atoms with E-state index in [1.54, 1.807) is 18.4 Å². The number of aryl methyl sites for hydroxylation is 1. The number of rotatable bonds is 8. The SMILES string of the molecule is CCCc1cc(-c2nc(-c3ccc(OCCOC)cc3)cs2)ccn1. The number of pyridine rings is 1. The maximum atomic E-state index is 5.60. The molecule has 0 unspecified atom stereocenters. The van der Waals surface area contributed by atoms with Gasteiger partial charge in [0.05, 0.1) is 12.3 Å². The van der Waals surface area contributed by atoms with Gasteiger partial charge in [0.1, 0.15) is 17.4 Å². The quantitative estimate of drug-likeness (QED) is 0.542. The minimum atomic E-state index is 0.554. The lowest BCUT2D eigenvalue weighted by Gasteiger charge is -2.05. The standard InChI is InChI=1S/C20H22N2O2S/c1-3-4-17-13-16(9-10-21-17)20-22-19(14-25-20)15-5-7-18(8-6-15)24-12-11-23-2/h5-10,13-14H,3-4,11-12H2,1-2H3. The zero-order chi connectivity index (χ0) is 17.5. The van der Waals surface area contributed by atoms with Crippen molar-refractivity contribution in [3.63, 3.8) is 0 Å². The van der Waals surface area contributed by atoms with Crippen LogP contribution in [0.4, 0.5) is 0 Å². The van der Waals surface area contributed by atoms with Crippen LogP contribution in [0, 0.1) is 0 Å². The largest absolute Gasteiger partial charge is 0.491 e. The average molecular weight is 354 g/mol. The lowest BCUT2D eigenvalue weighted by Crippen LogP contribution is -2.03. The molecule has 2 heterocycles. The van der Waals surface area contributed by atoms with Gasteiger partial charge >= 0.3 is 0 Å². The Bertz CT molecular complexity index is 799. The molecular formula is C20H22N2O2S. The van der Waals surface area contributed by atoms with Crippen LogP contribution in [-0.4, -0.2) is 30.3 Å². The number of nitrogens with zero attached hydrogens (tertiary/aromatic N) is 2. The molecule has 25 heavy (non-hydrogen) atoms. The van der Waals surface area contributed by atoms with Crippen molar-refractivity contribution < 1.29 is 9.47 Å². The summed E-state index contributed by atoms with van der Waals surface area (Å²) in [6.45, 7) is 3.31. The number of thiazole rings is 1. The molecule has 1 aromatic carbocycles. The second-order valence-electron chi connectivity index (χ2n) is 5.69. The average Bonchev–Trinajstić information content (AvgIpc) is 3.13. The van der Waals surface area contributed by atoms with Crippen molar-refractivity contribution in [1.29, 1.82) is 0 Å². The topological polar surface area (TPSA) is 44.2 Å². The fourth-order valence-electron chi connectivity index (χ4n) is 2.51. The lowest BCUT2D eigenvalue weighted by atomic mass is 10.1. The molecule has 0 amide bonds. The van der Waals surface area contributed by atoms with Crippen LogP contribution in [0.15, 0.2) is 48.0 Å². The smallest absolute Gasteiger partial charge is 0.124 e. The normalized spacial score (nSPS) is 10.8. The molecule has 0 fully saturated rings. The molecule has 2 aromatic heterocycles. The van der Waals surface area contributed by atoms with E-state index < -0.39 is 0 Å². The second kappa shape index (κ2) is 8.74. The molecule has 5 heteroatoms. The van der Waals surface area contributed by atoms with Crippen LogP contribution in [0.5, 0.6) is 5.75 Å². The van der Waals surface area contributed by atoms with Gasteiger partial charge in [-0.05, 0) is 42.8 Å². The first-order valence-electron chi connectivity index (χ1n) is 8.43. The Labute approximate surface area is 152 Å². The Morgan fingerprint density at radius 2 is 1.88 bits per heavy atom. The maximum Gasteiger partial charge on any atom is 0.124 e. The number of ether oxygens (including phenoxy) is 2. The summed E-state index contributed by atoms with van der Waals surface area (Å²) >= 11 is 1.66. The van der Waals surface area contributed by atoms with E-state index in [4.69, 9.17) is 14.5 Å². The Hall–Kier alpha value is -2.24. The number of hydrogen-bond donors (Lipinski definition) is 0. The summed E-state index contributed by atoms with van der Waals surface area (Å²) in [5.74, 6) is 0.842. The van der Waals surface area contributed by atoms with Crippen LogP contribution in [0.3, 0.4) is 0 Å². The molecule has 0 bridgehead atoms. The van der Waals surface area contributed by atoms with E-state index >= 15 is 0 Å². The van der Waals surface area contributed by atoms with Gasteiger partial charge in [0.25, 0.3) is 0 Å². The first kappa shape index (κ1) is 17.6. The molecule has 0 saturated heterocycles. The Morgan fingerprint density at radius 3 is 2.64 bits per heavy atom. The van der Waals surface area contributed by atoms with E-state index in [1.165, 1.54) is 0 Å². The van der Waals surface area contributed by atoms with Crippen molar-refractivity contribution in [2.75, 3.05) is 20.3 Å². The monoisotopic (exact) mass is 354 g/mol. The van der Waals surface area contributed by atoms with E-state index in [0.717, 1.165) is 46.1 Å². The van der Waals surface area contributed by atoms with Gasteiger partial charge in [-0.25, -0.2) is 4.98 Å². The number of methoxy groups -OCH3 is 1. The molecular weight excluding hydrogens is 332 g/mol. The van der Waals surface area contributed by atoms with Crippen molar-refractivity contribution in [3.05, 3.63) is 53.7 Å². The molecule has 0 N–H and O–H groups in total. The van der Waals surface area contributed by atoms with Crippen LogP contribution in [0.25, 0.3) is 21.8 Å². The van der Waals surface area contributed by atoms with Crippen molar-refractivity contribution in [2.45, 2.75) is 19.8 Å². The molecule has 0 aliphatic rings. The van der Waals surface area contributed by atoms with Crippen molar-refractivity contribution in [1.82, 2.24) is 9.97 Å². The van der Waals surface area contributed by atoms with Crippen LogP contribution < -0.4 is 4.74 Å². The summed E-state index contributed by atoms with van der Waals surface area (Å²) in [6, 6.07) is 12.2. The number of aromatic nitrogens is 2. The van der Waals surface area contributed by atoms with Gasteiger partial charge in [-0.15, -0.1) is 11.3 Å². The van der Waals surface area contributed by atoms with Gasteiger partial charge in [-0.1, -0.05) is 13.3 Å². The van der Waals surface area contributed by atoms with Gasteiger partial charge in [-0.2, -0.15) is 0 Å². The molecule has 0 radical (unpaired) electrons. The van der Waals surface area contributed by atoms with E-state index in [0.29, 0.717) is 13.2 Å². The minimum Gasteiger partial charge on any atom is -0.491 e. The van der Waals surface area contributed by atoms with Gasteiger partial charge in [0.15, 0.2) is 0 Å². The Balaban J connectivity index is 1.73. The molecule has 3 aromatic rings. The predicted molar refractivity (Wildman–Crippen MR) is 102 cm³/mol. The maximum absolute atomic E-state index is 5.60. The Kier molecular flexibility index (Phi) is 6.14. The molecule has 0 aliphatic carbocycles. The first-order chi connectivity index (χ1) is 12.3. The van der Waals surface area contributed by atoms with Crippen LogP contribution in [0.1, 0.15) is 19.0 Å². The van der Waals surface area contributed by atoms with Crippen molar-refractivity contribution in [2.24, 2.45) is 0 Å². The molecule has 3 rings (SSSR count).